The molecular formula is C33H29F3N4O4. The van der Waals surface area contributed by atoms with Crippen molar-refractivity contribution in [3.8, 4) is 22.5 Å². The molecule has 226 valence electrons. The first-order chi connectivity index (χ1) is 21.1. The normalized spacial score (nSPS) is 14.8. The lowest BCUT2D eigenvalue weighted by Crippen LogP contribution is -2.23. The molecule has 1 unspecified atom stereocenters. The number of aromatic nitrogens is 4. The van der Waals surface area contributed by atoms with Crippen LogP contribution in [0.25, 0.3) is 22.5 Å². The highest BCUT2D eigenvalue weighted by Crippen LogP contribution is 2.49. The largest absolute Gasteiger partial charge is 0.465 e. The van der Waals surface area contributed by atoms with Crippen molar-refractivity contribution >= 4 is 5.97 Å². The average molecular weight is 603 g/mol. The summed E-state index contributed by atoms with van der Waals surface area (Å²) < 4.78 is 51.6. The minimum absolute atomic E-state index is 0.0470. The predicted molar refractivity (Wildman–Crippen MR) is 154 cm³/mol. The van der Waals surface area contributed by atoms with Gasteiger partial charge in [0, 0.05) is 5.56 Å². The van der Waals surface area contributed by atoms with Gasteiger partial charge in [0.05, 0.1) is 41.6 Å². The lowest BCUT2D eigenvalue weighted by Gasteiger charge is -2.14. The molecule has 0 saturated heterocycles. The first kappa shape index (κ1) is 29.3. The molecule has 1 saturated carbocycles. The molecule has 0 aliphatic heterocycles. The highest BCUT2D eigenvalue weighted by molar-refractivity contribution is 5.87. The van der Waals surface area contributed by atoms with Crippen molar-refractivity contribution in [1.82, 2.24) is 20.2 Å². The fourth-order valence-electron chi connectivity index (χ4n) is 5.40. The van der Waals surface area contributed by atoms with Crippen molar-refractivity contribution in [2.24, 2.45) is 0 Å². The van der Waals surface area contributed by atoms with Crippen molar-refractivity contribution in [2.45, 2.75) is 50.9 Å². The summed E-state index contributed by atoms with van der Waals surface area (Å²) in [4.78, 5) is 12.4. The van der Waals surface area contributed by atoms with Gasteiger partial charge in [0.1, 0.15) is 11.8 Å². The Kier molecular flexibility index (Phi) is 7.58. The van der Waals surface area contributed by atoms with Crippen LogP contribution >= 0.6 is 0 Å². The number of carbonyl (C=O) groups is 1. The quantitative estimate of drug-likeness (QED) is 0.188. The Balaban J connectivity index is 1.19. The first-order valence-corrected chi connectivity index (χ1v) is 14.2. The summed E-state index contributed by atoms with van der Waals surface area (Å²) >= 11 is 0. The number of ether oxygens (including phenoxy) is 1. The molecule has 0 amide bonds. The van der Waals surface area contributed by atoms with Crippen molar-refractivity contribution in [1.29, 1.82) is 0 Å². The van der Waals surface area contributed by atoms with E-state index in [-0.39, 0.29) is 18.2 Å². The van der Waals surface area contributed by atoms with Gasteiger partial charge in [-0.25, -0.2) is 4.68 Å². The van der Waals surface area contributed by atoms with Crippen LogP contribution in [0.2, 0.25) is 0 Å². The van der Waals surface area contributed by atoms with Crippen LogP contribution in [0.1, 0.15) is 59.5 Å². The molecule has 2 aromatic heterocycles. The smallest absolute Gasteiger partial charge is 0.416 e. The zero-order chi connectivity index (χ0) is 31.1. The zero-order valence-electron chi connectivity index (χ0n) is 24.0. The van der Waals surface area contributed by atoms with Crippen molar-refractivity contribution < 1.29 is 32.3 Å². The summed E-state index contributed by atoms with van der Waals surface area (Å²) in [7, 11) is 0. The van der Waals surface area contributed by atoms with Crippen LogP contribution in [0.15, 0.2) is 83.5 Å². The highest BCUT2D eigenvalue weighted by atomic mass is 19.4. The van der Waals surface area contributed by atoms with Gasteiger partial charge < -0.3 is 14.4 Å². The lowest BCUT2D eigenvalue weighted by atomic mass is 9.93. The number of carbonyl (C=O) groups excluding carboxylic acids is 1. The summed E-state index contributed by atoms with van der Waals surface area (Å²) in [6, 6.07) is 20.5. The summed E-state index contributed by atoms with van der Waals surface area (Å²) in [5, 5.41) is 23.4. The van der Waals surface area contributed by atoms with E-state index >= 15 is 0 Å². The number of aryl methyl sites for hydroxylation is 1. The van der Waals surface area contributed by atoms with Crippen LogP contribution in [0.3, 0.4) is 0 Å². The molecule has 1 N–H and O–H groups in total. The van der Waals surface area contributed by atoms with Gasteiger partial charge in [-0.15, -0.1) is 5.10 Å². The molecule has 5 aromatic rings. The third kappa shape index (κ3) is 5.62. The minimum atomic E-state index is -4.45. The van der Waals surface area contributed by atoms with E-state index in [1.807, 2.05) is 55.5 Å². The Morgan fingerprint density at radius 2 is 1.70 bits per heavy atom. The number of benzene rings is 3. The van der Waals surface area contributed by atoms with E-state index in [1.54, 1.807) is 13.0 Å². The minimum Gasteiger partial charge on any atom is -0.465 e. The van der Waals surface area contributed by atoms with Crippen LogP contribution in [-0.4, -0.2) is 37.8 Å². The molecule has 0 radical (unpaired) electrons. The molecule has 1 aliphatic rings. The monoisotopic (exact) mass is 602 g/mol. The average Bonchev–Trinajstić information content (AvgIpc) is 3.55. The van der Waals surface area contributed by atoms with Gasteiger partial charge in [-0.2, -0.15) is 13.2 Å². The molecule has 44 heavy (non-hydrogen) atoms. The van der Waals surface area contributed by atoms with Crippen molar-refractivity contribution in [3.05, 3.63) is 113 Å². The first-order valence-electron chi connectivity index (χ1n) is 14.2. The topological polar surface area (TPSA) is 103 Å². The molecule has 8 nitrogen and oxygen atoms in total. The fraction of sp³-hybridized carbons (Fsp3) is 0.273. The number of esters is 1. The van der Waals surface area contributed by atoms with Crippen LogP contribution in [0, 0.1) is 6.92 Å². The second-order valence-corrected chi connectivity index (χ2v) is 10.9. The predicted octanol–water partition coefficient (Wildman–Crippen LogP) is 6.65. The number of aliphatic hydroxyl groups is 1. The van der Waals surface area contributed by atoms with Gasteiger partial charge >= 0.3 is 12.1 Å². The van der Waals surface area contributed by atoms with Crippen LogP contribution < -0.4 is 0 Å². The van der Waals surface area contributed by atoms with Gasteiger partial charge in [-0.3, -0.25) is 4.79 Å². The highest BCUT2D eigenvalue weighted by Gasteiger charge is 2.52. The van der Waals surface area contributed by atoms with Gasteiger partial charge in [-0.1, -0.05) is 71.0 Å². The van der Waals surface area contributed by atoms with E-state index in [1.165, 1.54) is 16.9 Å². The number of halogens is 3. The number of hydrogen-bond donors (Lipinski definition) is 1. The second kappa shape index (κ2) is 11.4. The van der Waals surface area contributed by atoms with Gasteiger partial charge in [0.15, 0.2) is 5.76 Å². The van der Waals surface area contributed by atoms with Gasteiger partial charge in [0.25, 0.3) is 0 Å². The molecule has 0 spiro atoms. The summed E-state index contributed by atoms with van der Waals surface area (Å²) in [6.45, 7) is 3.92. The van der Waals surface area contributed by atoms with Crippen LogP contribution in [0.4, 0.5) is 13.2 Å². The molecule has 2 heterocycles. The summed E-state index contributed by atoms with van der Waals surface area (Å²) in [6.07, 6.45) is -2.61. The van der Waals surface area contributed by atoms with Crippen LogP contribution in [-0.2, 0) is 27.7 Å². The summed E-state index contributed by atoms with van der Waals surface area (Å²) in [5.41, 5.74) is 3.80. The molecule has 1 aliphatic carbocycles. The summed E-state index contributed by atoms with van der Waals surface area (Å²) in [5.74, 6) is 0.199. The van der Waals surface area contributed by atoms with Crippen molar-refractivity contribution in [2.75, 3.05) is 6.61 Å². The third-order valence-electron chi connectivity index (χ3n) is 7.95. The van der Waals surface area contributed by atoms with Gasteiger partial charge in [0.2, 0.25) is 0 Å². The SMILES string of the molecule is CCOC(=O)C1(c2ccc(-c3ccc(-c4onc(C)c4C(O)c4cn(Cc5cccc(C(F)(F)F)c5)nn4)cc3)cc2)CC1. The Labute approximate surface area is 251 Å². The Bertz CT molecular complexity index is 1790. The molecule has 11 heteroatoms. The Morgan fingerprint density at radius 3 is 2.34 bits per heavy atom. The maximum Gasteiger partial charge on any atom is 0.416 e. The third-order valence-corrected chi connectivity index (χ3v) is 7.95. The molecule has 1 fully saturated rings. The van der Waals surface area contributed by atoms with E-state index in [9.17, 15) is 23.1 Å². The molecule has 6 rings (SSSR count). The molecular weight excluding hydrogens is 573 g/mol. The number of hydrogen-bond acceptors (Lipinski definition) is 7. The van der Waals surface area contributed by atoms with Crippen LogP contribution in [0.5, 0.6) is 0 Å². The zero-order valence-corrected chi connectivity index (χ0v) is 24.0. The van der Waals surface area contributed by atoms with E-state index in [0.29, 0.717) is 34.8 Å². The fourth-order valence-corrected chi connectivity index (χ4v) is 5.40. The van der Waals surface area contributed by atoms with E-state index < -0.39 is 23.3 Å². The van der Waals surface area contributed by atoms with Crippen molar-refractivity contribution in [3.63, 3.8) is 0 Å². The molecule has 3 aromatic carbocycles. The Hall–Kier alpha value is -4.77. The molecule has 0 bridgehead atoms. The second-order valence-electron chi connectivity index (χ2n) is 10.9. The Morgan fingerprint density at radius 1 is 1.05 bits per heavy atom. The standard InChI is InChI=1S/C33H29F3N4O4/c1-3-43-31(42)32(15-16-32)25-13-11-23(12-14-25)22-7-9-24(10-8-22)30-28(20(2)38-44-30)29(41)27-19-40(39-37-27)18-21-5-4-6-26(17-21)33(34,35)36/h4-14,17,19,29,41H,3,15-16,18H2,1-2H3. The van der Waals surface area contributed by atoms with E-state index in [0.717, 1.165) is 41.7 Å². The van der Waals surface area contributed by atoms with Gasteiger partial charge in [-0.05, 0) is 61.1 Å². The molecule has 1 atom stereocenters. The lowest BCUT2D eigenvalue weighted by molar-refractivity contribution is -0.146. The number of rotatable bonds is 9. The van der Waals surface area contributed by atoms with E-state index in [4.69, 9.17) is 9.26 Å². The van der Waals surface area contributed by atoms with E-state index in [2.05, 4.69) is 15.5 Å². The number of alkyl halides is 3. The number of nitrogens with zero attached hydrogens (tertiary/aromatic N) is 4. The maximum absolute atomic E-state index is 13.1. The maximum atomic E-state index is 13.1. The number of aliphatic hydroxyl groups excluding tert-OH is 1.